The summed E-state index contributed by atoms with van der Waals surface area (Å²) in [5.74, 6) is 0.585. The number of rotatable bonds is 6. The van der Waals surface area contributed by atoms with E-state index in [2.05, 4.69) is 27.9 Å². The lowest BCUT2D eigenvalue weighted by molar-refractivity contribution is -0.123. The van der Waals surface area contributed by atoms with Crippen molar-refractivity contribution in [2.45, 2.75) is 6.42 Å². The second-order valence-corrected chi connectivity index (χ2v) is 4.48. The zero-order valence-corrected chi connectivity index (χ0v) is 12.3. The molecule has 0 aliphatic carbocycles. The molecule has 0 bridgehead atoms. The summed E-state index contributed by atoms with van der Waals surface area (Å²) in [7, 11) is 0. The summed E-state index contributed by atoms with van der Waals surface area (Å²) < 4.78 is 6.44. The van der Waals surface area contributed by atoms with Crippen molar-refractivity contribution in [3.05, 3.63) is 27.8 Å². The van der Waals surface area contributed by atoms with Gasteiger partial charge in [0.05, 0.1) is 0 Å². The lowest BCUT2D eigenvalue weighted by Crippen LogP contribution is -2.30. The molecule has 0 aliphatic heterocycles. The fraction of sp³-hybridized carbons (Fsp3) is 0.364. The maximum Gasteiger partial charge on any atom is 0.257 e. The molecule has 4 nitrogen and oxygen atoms in total. The van der Waals surface area contributed by atoms with Gasteiger partial charge in [0.1, 0.15) is 5.75 Å². The molecule has 1 aromatic carbocycles. The molecule has 1 rings (SSSR count). The van der Waals surface area contributed by atoms with E-state index in [1.54, 1.807) is 0 Å². The van der Waals surface area contributed by atoms with E-state index >= 15 is 0 Å². The fourth-order valence-corrected chi connectivity index (χ4v) is 1.42. The largest absolute Gasteiger partial charge is 0.484 e. The zero-order valence-electron chi connectivity index (χ0n) is 9.32. The Bertz CT molecular complexity index is 333. The number of hydrogen-bond acceptors (Lipinski definition) is 3. The minimum atomic E-state index is -0.119. The summed E-state index contributed by atoms with van der Waals surface area (Å²) in [5, 5.41) is 2.72. The summed E-state index contributed by atoms with van der Waals surface area (Å²) in [6.07, 6.45) is 0.787. The van der Waals surface area contributed by atoms with Gasteiger partial charge in [0.15, 0.2) is 6.61 Å². The van der Waals surface area contributed by atoms with Crippen molar-refractivity contribution in [3.63, 3.8) is 0 Å². The number of benzene rings is 1. The molecule has 0 heterocycles. The first-order valence-electron chi connectivity index (χ1n) is 5.07. The van der Waals surface area contributed by atoms with Crippen LogP contribution >= 0.6 is 35.0 Å². The highest BCUT2D eigenvalue weighted by atomic mass is 127. The molecule has 0 spiro atoms. The van der Waals surface area contributed by atoms with Gasteiger partial charge < -0.3 is 15.8 Å². The third-order valence-electron chi connectivity index (χ3n) is 1.89. The molecule has 0 fully saturated rings. The van der Waals surface area contributed by atoms with E-state index in [1.165, 1.54) is 0 Å². The minimum absolute atomic E-state index is 0. The van der Waals surface area contributed by atoms with Crippen LogP contribution in [0.1, 0.15) is 6.42 Å². The number of nitrogens with one attached hydrogen (secondary N) is 1. The molecule has 0 atom stereocenters. The van der Waals surface area contributed by atoms with Crippen LogP contribution < -0.4 is 15.8 Å². The Kier molecular flexibility index (Phi) is 9.20. The lowest BCUT2D eigenvalue weighted by atomic mass is 10.3. The van der Waals surface area contributed by atoms with Gasteiger partial charge >= 0.3 is 0 Å². The maximum absolute atomic E-state index is 11.3. The van der Waals surface area contributed by atoms with E-state index in [1.807, 2.05) is 24.3 Å². The molecular weight excluding hydrogens is 354 g/mol. The Balaban J connectivity index is 0.00000256. The van der Waals surface area contributed by atoms with Crippen molar-refractivity contribution in [1.82, 2.24) is 5.32 Å². The smallest absolute Gasteiger partial charge is 0.257 e. The molecule has 6 heteroatoms. The van der Waals surface area contributed by atoms with E-state index in [0.29, 0.717) is 18.8 Å². The summed E-state index contributed by atoms with van der Waals surface area (Å²) >= 11 is 2.21. The predicted octanol–water partition coefficient (Wildman–Crippen LogP) is 1.56. The van der Waals surface area contributed by atoms with Gasteiger partial charge in [-0.2, -0.15) is 0 Å². The van der Waals surface area contributed by atoms with Gasteiger partial charge in [-0.3, -0.25) is 4.79 Å². The number of nitrogens with two attached hydrogens (primary N) is 1. The van der Waals surface area contributed by atoms with Gasteiger partial charge in [0.25, 0.3) is 5.91 Å². The number of carbonyl (C=O) groups is 1. The number of halogens is 2. The molecule has 0 aliphatic rings. The summed E-state index contributed by atoms with van der Waals surface area (Å²) in [6, 6.07) is 7.55. The Morgan fingerprint density at radius 2 is 2.00 bits per heavy atom. The van der Waals surface area contributed by atoms with Crippen molar-refractivity contribution >= 4 is 40.9 Å². The van der Waals surface area contributed by atoms with Gasteiger partial charge in [-0.15, -0.1) is 12.4 Å². The predicted molar refractivity (Wildman–Crippen MR) is 78.6 cm³/mol. The average molecular weight is 371 g/mol. The summed E-state index contributed by atoms with van der Waals surface area (Å²) in [4.78, 5) is 11.3. The highest BCUT2D eigenvalue weighted by molar-refractivity contribution is 14.1. The van der Waals surface area contributed by atoms with E-state index in [0.717, 1.165) is 9.99 Å². The molecule has 0 unspecified atom stereocenters. The van der Waals surface area contributed by atoms with Crippen LogP contribution in [0.5, 0.6) is 5.75 Å². The molecule has 17 heavy (non-hydrogen) atoms. The average Bonchev–Trinajstić information content (AvgIpc) is 2.29. The van der Waals surface area contributed by atoms with E-state index in [9.17, 15) is 4.79 Å². The Labute approximate surface area is 121 Å². The Hall–Kier alpha value is -0.530. The lowest BCUT2D eigenvalue weighted by Gasteiger charge is -2.06. The second kappa shape index (κ2) is 9.49. The summed E-state index contributed by atoms with van der Waals surface area (Å²) in [6.45, 7) is 1.23. The van der Waals surface area contributed by atoms with Crippen LogP contribution in [0.25, 0.3) is 0 Å². The van der Waals surface area contributed by atoms with Crippen molar-refractivity contribution in [2.75, 3.05) is 19.7 Å². The minimum Gasteiger partial charge on any atom is -0.484 e. The van der Waals surface area contributed by atoms with E-state index < -0.39 is 0 Å². The fourth-order valence-electron chi connectivity index (χ4n) is 1.06. The van der Waals surface area contributed by atoms with Crippen molar-refractivity contribution in [2.24, 2.45) is 5.73 Å². The van der Waals surface area contributed by atoms with Gasteiger partial charge in [-0.05, 0) is 59.8 Å². The third-order valence-corrected chi connectivity index (χ3v) is 2.61. The Morgan fingerprint density at radius 1 is 1.35 bits per heavy atom. The van der Waals surface area contributed by atoms with E-state index in [4.69, 9.17) is 10.5 Å². The standard InChI is InChI=1S/C11H15IN2O2.ClH/c12-9-2-4-10(5-3-9)16-8-11(15)14-7-1-6-13;/h2-5H,1,6-8,13H2,(H,14,15);1H. The van der Waals surface area contributed by atoms with Crippen molar-refractivity contribution < 1.29 is 9.53 Å². The van der Waals surface area contributed by atoms with Crippen molar-refractivity contribution in [3.8, 4) is 5.75 Å². The number of amides is 1. The molecule has 0 radical (unpaired) electrons. The number of ether oxygens (including phenoxy) is 1. The van der Waals surface area contributed by atoms with Crippen LogP contribution in [0.2, 0.25) is 0 Å². The normalized spacial score (nSPS) is 9.29. The third kappa shape index (κ3) is 7.40. The first kappa shape index (κ1) is 16.5. The highest BCUT2D eigenvalue weighted by Gasteiger charge is 2.01. The summed E-state index contributed by atoms with van der Waals surface area (Å²) in [5.41, 5.74) is 5.31. The van der Waals surface area contributed by atoms with Crippen LogP contribution in [0, 0.1) is 3.57 Å². The molecule has 0 aromatic heterocycles. The van der Waals surface area contributed by atoms with Crippen molar-refractivity contribution in [1.29, 1.82) is 0 Å². The van der Waals surface area contributed by atoms with Crippen LogP contribution in [0.3, 0.4) is 0 Å². The monoisotopic (exact) mass is 370 g/mol. The van der Waals surface area contributed by atoms with Gasteiger partial charge in [0, 0.05) is 10.1 Å². The van der Waals surface area contributed by atoms with Gasteiger partial charge in [-0.1, -0.05) is 0 Å². The molecule has 0 saturated heterocycles. The molecule has 1 aromatic rings. The maximum atomic E-state index is 11.3. The molecule has 3 N–H and O–H groups in total. The topological polar surface area (TPSA) is 64.3 Å². The number of hydrogen-bond donors (Lipinski definition) is 2. The van der Waals surface area contributed by atoms with Crippen LogP contribution in [0.4, 0.5) is 0 Å². The SMILES string of the molecule is Cl.NCCCNC(=O)COc1ccc(I)cc1. The van der Waals surface area contributed by atoms with E-state index in [-0.39, 0.29) is 24.9 Å². The molecule has 0 saturated carbocycles. The highest BCUT2D eigenvalue weighted by Crippen LogP contribution is 2.12. The number of carbonyl (C=O) groups excluding carboxylic acids is 1. The first-order chi connectivity index (χ1) is 7.72. The Morgan fingerprint density at radius 3 is 2.59 bits per heavy atom. The van der Waals surface area contributed by atoms with Gasteiger partial charge in [-0.25, -0.2) is 0 Å². The second-order valence-electron chi connectivity index (χ2n) is 3.23. The zero-order chi connectivity index (χ0) is 11.8. The van der Waals surface area contributed by atoms with Crippen LogP contribution in [0.15, 0.2) is 24.3 Å². The molecular formula is C11H16ClIN2O2. The molecule has 1 amide bonds. The van der Waals surface area contributed by atoms with Crippen LogP contribution in [-0.4, -0.2) is 25.6 Å². The molecule has 96 valence electrons. The quantitative estimate of drug-likeness (QED) is 0.590. The van der Waals surface area contributed by atoms with Gasteiger partial charge in [0.2, 0.25) is 0 Å². The first-order valence-corrected chi connectivity index (χ1v) is 6.15. The van der Waals surface area contributed by atoms with Crippen LogP contribution in [-0.2, 0) is 4.79 Å².